The van der Waals surface area contributed by atoms with Crippen LogP contribution in [0.25, 0.3) is 0 Å². The van der Waals surface area contributed by atoms with Crippen LogP contribution in [0.3, 0.4) is 0 Å². The summed E-state index contributed by atoms with van der Waals surface area (Å²) in [6.45, 7) is 3.68. The maximum Gasteiger partial charge on any atom is 1.00 e. The molecule has 26 heavy (non-hydrogen) atoms. The molecule has 0 saturated heterocycles. The van der Waals surface area contributed by atoms with Crippen LogP contribution in [0.5, 0.6) is 0 Å². The molecule has 0 amide bonds. The fraction of sp³-hybridized carbons (Fsp3) is 0.500. The van der Waals surface area contributed by atoms with E-state index in [9.17, 15) is 32.8 Å². The van der Waals surface area contributed by atoms with Gasteiger partial charge in [-0.3, -0.25) is 4.55 Å². The third kappa shape index (κ3) is 7.24. The van der Waals surface area contributed by atoms with Crippen LogP contribution in [0, 0.1) is 0 Å². The topological polar surface area (TPSA) is 135 Å². The summed E-state index contributed by atoms with van der Waals surface area (Å²) >= 11 is 0. The van der Waals surface area contributed by atoms with Gasteiger partial charge in [-0.05, 0) is 42.9 Å². The second kappa shape index (κ2) is 12.5. The number of benzene rings is 1. The monoisotopic (exact) mass is 402 g/mol. The van der Waals surface area contributed by atoms with Gasteiger partial charge in [0.05, 0.1) is 16.8 Å². The van der Waals surface area contributed by atoms with E-state index in [4.69, 9.17) is 0 Å². The third-order valence-electron chi connectivity index (χ3n) is 3.76. The fourth-order valence-electron chi connectivity index (χ4n) is 2.62. The molecule has 0 atom stereocenters. The van der Waals surface area contributed by atoms with Crippen LogP contribution in [-0.4, -0.2) is 24.9 Å². The van der Waals surface area contributed by atoms with Crippen LogP contribution in [0.15, 0.2) is 11.0 Å². The Hall–Kier alpha value is 0.0700. The van der Waals surface area contributed by atoms with E-state index >= 15 is 0 Å². The van der Waals surface area contributed by atoms with Crippen LogP contribution >= 0.6 is 0 Å². The van der Waals surface area contributed by atoms with Crippen molar-refractivity contribution in [2.24, 2.45) is 0 Å². The van der Waals surface area contributed by atoms with E-state index in [0.29, 0.717) is 25.7 Å². The van der Waals surface area contributed by atoms with Gasteiger partial charge in [-0.15, -0.1) is 0 Å². The molecular weight excluding hydrogens is 382 g/mol. The maximum atomic E-state index is 11.6. The van der Waals surface area contributed by atoms with Crippen molar-refractivity contribution in [1.82, 2.24) is 0 Å². The normalized spacial score (nSPS) is 10.6. The zero-order valence-electron chi connectivity index (χ0n) is 15.6. The largest absolute Gasteiger partial charge is 1.00 e. The summed E-state index contributed by atoms with van der Waals surface area (Å²) in [5, 5.41) is 23.0. The Morgan fingerprint density at radius 3 is 1.77 bits per heavy atom. The number of hydrogen-bond donors (Lipinski definition) is 1. The predicted octanol–water partition coefficient (Wildman–Crippen LogP) is -5.65. The molecule has 0 spiro atoms. The number of carbonyl (C=O) groups is 2. The van der Waals surface area contributed by atoms with E-state index in [2.05, 4.69) is 0 Å². The molecular formula is C16H20Na2O7S. The van der Waals surface area contributed by atoms with Crippen molar-refractivity contribution in [3.63, 3.8) is 0 Å². The van der Waals surface area contributed by atoms with Gasteiger partial charge in [0, 0.05) is 11.1 Å². The first-order valence-corrected chi connectivity index (χ1v) is 9.18. The number of unbranched alkanes of at least 4 members (excludes halogenated alkanes) is 2. The number of aromatic carboxylic acids is 2. The first-order chi connectivity index (χ1) is 11.1. The molecule has 0 aliphatic rings. The fourth-order valence-corrected chi connectivity index (χ4v) is 3.40. The minimum atomic E-state index is -4.80. The minimum absolute atomic E-state index is 0. The van der Waals surface area contributed by atoms with Gasteiger partial charge in [0.15, 0.2) is 0 Å². The summed E-state index contributed by atoms with van der Waals surface area (Å²) in [5.74, 6) is -3.37. The maximum absolute atomic E-state index is 11.6. The van der Waals surface area contributed by atoms with Crippen LogP contribution in [0.4, 0.5) is 0 Å². The molecule has 1 N–H and O–H groups in total. The zero-order chi connectivity index (χ0) is 18.5. The van der Waals surface area contributed by atoms with Gasteiger partial charge in [-0.1, -0.05) is 26.7 Å². The number of carboxylic acid groups (broad SMARTS) is 2. The zero-order valence-corrected chi connectivity index (χ0v) is 20.4. The second-order valence-electron chi connectivity index (χ2n) is 5.51. The molecule has 0 saturated carbocycles. The molecule has 7 nitrogen and oxygen atoms in total. The van der Waals surface area contributed by atoms with Crippen molar-refractivity contribution in [2.75, 3.05) is 0 Å². The Labute approximate surface area is 197 Å². The minimum Gasteiger partial charge on any atom is -0.545 e. The molecule has 1 aromatic rings. The summed E-state index contributed by atoms with van der Waals surface area (Å²) in [6.07, 6.45) is 2.53. The summed E-state index contributed by atoms with van der Waals surface area (Å²) in [5.41, 5.74) is -1.15. The Morgan fingerprint density at radius 2 is 1.42 bits per heavy atom. The SMILES string of the molecule is CCCCc1c(C(=O)[O-])cc(S(=O)(=O)O)c(CCCC)c1C(=O)[O-].[Na+].[Na+]. The third-order valence-corrected chi connectivity index (χ3v) is 4.68. The molecule has 0 aliphatic carbocycles. The van der Waals surface area contributed by atoms with Crippen molar-refractivity contribution in [2.45, 2.75) is 57.3 Å². The predicted molar refractivity (Wildman–Crippen MR) is 82.1 cm³/mol. The quantitative estimate of drug-likeness (QED) is 0.321. The van der Waals surface area contributed by atoms with E-state index in [0.717, 1.165) is 6.07 Å². The molecule has 0 aromatic heterocycles. The number of carbonyl (C=O) groups excluding carboxylic acids is 2. The van der Waals surface area contributed by atoms with Gasteiger partial charge in [-0.25, -0.2) is 0 Å². The van der Waals surface area contributed by atoms with Gasteiger partial charge < -0.3 is 19.8 Å². The van der Waals surface area contributed by atoms with E-state index in [1.165, 1.54) is 0 Å². The van der Waals surface area contributed by atoms with Gasteiger partial charge in [0.1, 0.15) is 0 Å². The van der Waals surface area contributed by atoms with Crippen LogP contribution in [0.1, 0.15) is 71.4 Å². The molecule has 0 heterocycles. The van der Waals surface area contributed by atoms with E-state index < -0.39 is 38.1 Å². The van der Waals surface area contributed by atoms with Gasteiger partial charge in [-0.2, -0.15) is 8.42 Å². The Bertz CT molecular complexity index is 745. The van der Waals surface area contributed by atoms with E-state index in [-0.39, 0.29) is 83.1 Å². The van der Waals surface area contributed by atoms with Crippen molar-refractivity contribution >= 4 is 22.1 Å². The summed E-state index contributed by atoms with van der Waals surface area (Å²) < 4.78 is 32.6. The van der Waals surface area contributed by atoms with Crippen molar-refractivity contribution in [3.8, 4) is 0 Å². The van der Waals surface area contributed by atoms with Crippen molar-refractivity contribution in [1.29, 1.82) is 0 Å². The van der Waals surface area contributed by atoms with Crippen LogP contribution in [-0.2, 0) is 23.0 Å². The van der Waals surface area contributed by atoms with Crippen LogP contribution in [0.2, 0.25) is 0 Å². The van der Waals surface area contributed by atoms with Gasteiger partial charge in [0.25, 0.3) is 10.1 Å². The summed E-state index contributed by atoms with van der Waals surface area (Å²) in [4.78, 5) is 22.3. The number of rotatable bonds is 9. The molecule has 10 heteroatoms. The van der Waals surface area contributed by atoms with Crippen molar-refractivity contribution in [3.05, 3.63) is 28.3 Å². The number of carboxylic acids is 2. The molecule has 0 unspecified atom stereocenters. The molecule has 0 radical (unpaired) electrons. The van der Waals surface area contributed by atoms with Gasteiger partial charge in [0.2, 0.25) is 0 Å². The summed E-state index contributed by atoms with van der Waals surface area (Å²) in [6, 6.07) is 0.785. The molecule has 0 aliphatic heterocycles. The molecule has 1 rings (SSSR count). The first kappa shape index (κ1) is 28.3. The van der Waals surface area contributed by atoms with E-state index in [1.54, 1.807) is 0 Å². The summed E-state index contributed by atoms with van der Waals surface area (Å²) in [7, 11) is -4.80. The standard InChI is InChI=1S/C16H22O7S.2Na/c1-3-5-7-10-12(15(17)18)9-13(24(21,22)23)11(8-6-4-2)14(10)16(19)20;;/h9H,3-8H2,1-2H3,(H,17,18)(H,19,20)(H,21,22,23);;/q;2*+1/p-2. The van der Waals surface area contributed by atoms with Crippen molar-refractivity contribution < 1.29 is 91.9 Å². The van der Waals surface area contributed by atoms with E-state index in [1.807, 2.05) is 13.8 Å². The number of hydrogen-bond acceptors (Lipinski definition) is 6. The average molecular weight is 402 g/mol. The Kier molecular flexibility index (Phi) is 13.6. The second-order valence-corrected chi connectivity index (χ2v) is 6.90. The first-order valence-electron chi connectivity index (χ1n) is 7.74. The molecule has 1 aromatic carbocycles. The van der Waals surface area contributed by atoms with Crippen LogP contribution < -0.4 is 69.3 Å². The molecule has 134 valence electrons. The average Bonchev–Trinajstić information content (AvgIpc) is 2.48. The Morgan fingerprint density at radius 1 is 0.962 bits per heavy atom. The molecule has 0 bridgehead atoms. The smallest absolute Gasteiger partial charge is 0.545 e. The molecule has 0 fully saturated rings. The Balaban J connectivity index is 0. The van der Waals surface area contributed by atoms with Gasteiger partial charge >= 0.3 is 59.1 Å².